The van der Waals surface area contributed by atoms with Crippen LogP contribution in [0.25, 0.3) is 10.8 Å². The Kier molecular flexibility index (Phi) is 6.54. The van der Waals surface area contributed by atoms with Gasteiger partial charge in [0.1, 0.15) is 0 Å². The molecule has 3 nitrogen and oxygen atoms in total. The van der Waals surface area contributed by atoms with E-state index in [0.29, 0.717) is 11.8 Å². The van der Waals surface area contributed by atoms with Crippen molar-refractivity contribution in [2.45, 2.75) is 53.1 Å². The second-order valence-corrected chi connectivity index (χ2v) is 8.71. The SMILES string of the molecule is CC(C)C(NC(=O)C1CCN(Cc2cccc3ccccc23)CC1)C(C)C. The summed E-state index contributed by atoms with van der Waals surface area (Å²) in [6.07, 6.45) is 1.92. The van der Waals surface area contributed by atoms with E-state index in [1.165, 1.54) is 16.3 Å². The maximum Gasteiger partial charge on any atom is 0.223 e. The first-order valence-corrected chi connectivity index (χ1v) is 10.4. The lowest BCUT2D eigenvalue weighted by molar-refractivity contribution is -0.127. The molecule has 1 heterocycles. The average molecular weight is 367 g/mol. The molecule has 0 radical (unpaired) electrons. The summed E-state index contributed by atoms with van der Waals surface area (Å²) in [6, 6.07) is 15.4. The normalized spacial score (nSPS) is 16.6. The van der Waals surface area contributed by atoms with Gasteiger partial charge in [-0.05, 0) is 54.1 Å². The number of hydrogen-bond acceptors (Lipinski definition) is 2. The Morgan fingerprint density at radius 3 is 2.30 bits per heavy atom. The number of amides is 1. The zero-order valence-corrected chi connectivity index (χ0v) is 17.2. The Balaban J connectivity index is 1.56. The predicted molar refractivity (Wildman–Crippen MR) is 114 cm³/mol. The van der Waals surface area contributed by atoms with Crippen molar-refractivity contribution in [3.8, 4) is 0 Å². The molecule has 146 valence electrons. The highest BCUT2D eigenvalue weighted by Crippen LogP contribution is 2.24. The number of piperidine rings is 1. The standard InChI is InChI=1S/C24H34N2O/c1-17(2)23(18(3)4)25-24(27)20-12-14-26(15-13-20)16-21-10-7-9-19-8-5-6-11-22(19)21/h5-11,17-18,20,23H,12-16H2,1-4H3,(H,25,27). The molecule has 1 fully saturated rings. The second kappa shape index (κ2) is 8.88. The highest BCUT2D eigenvalue weighted by molar-refractivity contribution is 5.85. The Bertz CT molecular complexity index is 747. The maximum absolute atomic E-state index is 12.7. The van der Waals surface area contributed by atoms with E-state index in [2.05, 4.69) is 80.4 Å². The van der Waals surface area contributed by atoms with Crippen LogP contribution in [0.1, 0.15) is 46.1 Å². The van der Waals surface area contributed by atoms with Crippen LogP contribution in [0, 0.1) is 17.8 Å². The lowest BCUT2D eigenvalue weighted by Crippen LogP contribution is -2.47. The zero-order chi connectivity index (χ0) is 19.4. The van der Waals surface area contributed by atoms with Crippen LogP contribution in [0.2, 0.25) is 0 Å². The van der Waals surface area contributed by atoms with Crippen LogP contribution in [0.5, 0.6) is 0 Å². The van der Waals surface area contributed by atoms with Crippen LogP contribution in [0.4, 0.5) is 0 Å². The Labute approximate surface area is 164 Å². The highest BCUT2D eigenvalue weighted by Gasteiger charge is 2.28. The molecule has 1 saturated heterocycles. The molecule has 0 aliphatic carbocycles. The largest absolute Gasteiger partial charge is 0.353 e. The first-order chi connectivity index (χ1) is 13.0. The third kappa shape index (κ3) is 4.90. The van der Waals surface area contributed by atoms with Gasteiger partial charge in [-0.2, -0.15) is 0 Å². The van der Waals surface area contributed by atoms with Crippen molar-refractivity contribution in [2.75, 3.05) is 13.1 Å². The average Bonchev–Trinajstić information content (AvgIpc) is 2.66. The number of carbonyl (C=O) groups excluding carboxylic acids is 1. The molecule has 2 aromatic carbocycles. The van der Waals surface area contributed by atoms with Gasteiger partial charge in [-0.3, -0.25) is 9.69 Å². The summed E-state index contributed by atoms with van der Waals surface area (Å²) in [5.41, 5.74) is 1.38. The summed E-state index contributed by atoms with van der Waals surface area (Å²) < 4.78 is 0. The smallest absolute Gasteiger partial charge is 0.223 e. The van der Waals surface area contributed by atoms with E-state index in [4.69, 9.17) is 0 Å². The van der Waals surface area contributed by atoms with E-state index in [9.17, 15) is 4.79 Å². The van der Waals surface area contributed by atoms with Crippen molar-refractivity contribution < 1.29 is 4.79 Å². The Morgan fingerprint density at radius 2 is 1.63 bits per heavy atom. The molecule has 0 aromatic heterocycles. The van der Waals surface area contributed by atoms with Crippen molar-refractivity contribution in [2.24, 2.45) is 17.8 Å². The molecule has 1 amide bonds. The van der Waals surface area contributed by atoms with Gasteiger partial charge in [0.15, 0.2) is 0 Å². The maximum atomic E-state index is 12.7. The molecule has 0 saturated carbocycles. The number of benzene rings is 2. The van der Waals surface area contributed by atoms with Gasteiger partial charge in [-0.15, -0.1) is 0 Å². The van der Waals surface area contributed by atoms with Gasteiger partial charge in [0.25, 0.3) is 0 Å². The third-order valence-electron chi connectivity index (χ3n) is 5.98. The summed E-state index contributed by atoms with van der Waals surface area (Å²) >= 11 is 0. The molecular weight excluding hydrogens is 332 g/mol. The van der Waals surface area contributed by atoms with Crippen LogP contribution in [-0.2, 0) is 11.3 Å². The molecule has 0 unspecified atom stereocenters. The van der Waals surface area contributed by atoms with Crippen molar-refractivity contribution >= 4 is 16.7 Å². The number of nitrogens with one attached hydrogen (secondary N) is 1. The highest BCUT2D eigenvalue weighted by atomic mass is 16.2. The van der Waals surface area contributed by atoms with Crippen LogP contribution >= 0.6 is 0 Å². The van der Waals surface area contributed by atoms with E-state index >= 15 is 0 Å². The van der Waals surface area contributed by atoms with Crippen molar-refractivity contribution in [1.29, 1.82) is 0 Å². The fourth-order valence-electron chi connectivity index (χ4n) is 4.41. The van der Waals surface area contributed by atoms with Gasteiger partial charge >= 0.3 is 0 Å². The molecule has 1 aliphatic rings. The monoisotopic (exact) mass is 366 g/mol. The van der Waals surface area contributed by atoms with Gasteiger partial charge in [0.2, 0.25) is 5.91 Å². The van der Waals surface area contributed by atoms with E-state index in [-0.39, 0.29) is 17.9 Å². The molecule has 0 spiro atoms. The van der Waals surface area contributed by atoms with E-state index in [1.54, 1.807) is 0 Å². The third-order valence-corrected chi connectivity index (χ3v) is 5.98. The number of nitrogens with zero attached hydrogens (tertiary/aromatic N) is 1. The summed E-state index contributed by atoms with van der Waals surface area (Å²) in [7, 11) is 0. The lowest BCUT2D eigenvalue weighted by atomic mass is 9.90. The number of hydrogen-bond donors (Lipinski definition) is 1. The quantitative estimate of drug-likeness (QED) is 0.793. The van der Waals surface area contributed by atoms with E-state index in [0.717, 1.165) is 32.5 Å². The van der Waals surface area contributed by atoms with Crippen LogP contribution < -0.4 is 5.32 Å². The van der Waals surface area contributed by atoms with Gasteiger partial charge in [0.05, 0.1) is 0 Å². The van der Waals surface area contributed by atoms with Crippen LogP contribution in [-0.4, -0.2) is 29.9 Å². The number of fused-ring (bicyclic) bond motifs is 1. The molecule has 0 bridgehead atoms. The zero-order valence-electron chi connectivity index (χ0n) is 17.2. The van der Waals surface area contributed by atoms with Gasteiger partial charge in [0, 0.05) is 18.5 Å². The topological polar surface area (TPSA) is 32.3 Å². The Morgan fingerprint density at radius 1 is 1.00 bits per heavy atom. The first-order valence-electron chi connectivity index (χ1n) is 10.4. The lowest BCUT2D eigenvalue weighted by Gasteiger charge is -2.33. The van der Waals surface area contributed by atoms with Crippen LogP contribution in [0.3, 0.4) is 0 Å². The summed E-state index contributed by atoms with van der Waals surface area (Å²) in [5.74, 6) is 1.36. The molecule has 1 aliphatic heterocycles. The number of carbonyl (C=O) groups is 1. The summed E-state index contributed by atoms with van der Waals surface area (Å²) in [6.45, 7) is 11.7. The minimum Gasteiger partial charge on any atom is -0.353 e. The van der Waals surface area contributed by atoms with Gasteiger partial charge in [-0.25, -0.2) is 0 Å². The first kappa shape index (κ1) is 19.9. The molecule has 27 heavy (non-hydrogen) atoms. The second-order valence-electron chi connectivity index (χ2n) is 8.71. The fourth-order valence-corrected chi connectivity index (χ4v) is 4.41. The van der Waals surface area contributed by atoms with Crippen molar-refractivity contribution in [1.82, 2.24) is 10.2 Å². The Hall–Kier alpha value is -1.87. The molecule has 3 heteroatoms. The van der Waals surface area contributed by atoms with Crippen molar-refractivity contribution in [3.05, 3.63) is 48.0 Å². The molecular formula is C24H34N2O. The van der Waals surface area contributed by atoms with E-state index < -0.39 is 0 Å². The van der Waals surface area contributed by atoms with Gasteiger partial charge < -0.3 is 5.32 Å². The molecule has 1 N–H and O–H groups in total. The minimum atomic E-state index is 0.161. The molecule has 2 aromatic rings. The van der Waals surface area contributed by atoms with Crippen LogP contribution in [0.15, 0.2) is 42.5 Å². The number of likely N-dealkylation sites (tertiary alicyclic amines) is 1. The summed E-state index contributed by atoms with van der Waals surface area (Å²) in [5, 5.41) is 5.96. The van der Waals surface area contributed by atoms with E-state index in [1.807, 2.05) is 0 Å². The molecule has 0 atom stereocenters. The number of rotatable bonds is 6. The molecule has 3 rings (SSSR count). The minimum absolute atomic E-state index is 0.161. The van der Waals surface area contributed by atoms with Crippen molar-refractivity contribution in [3.63, 3.8) is 0 Å². The van der Waals surface area contributed by atoms with Gasteiger partial charge in [-0.1, -0.05) is 70.2 Å². The fraction of sp³-hybridized carbons (Fsp3) is 0.542. The predicted octanol–water partition coefficient (Wildman–Crippen LogP) is 4.85. The summed E-state index contributed by atoms with van der Waals surface area (Å²) in [4.78, 5) is 15.2.